The molecule has 1 fully saturated rings. The van der Waals surface area contributed by atoms with Gasteiger partial charge in [0.05, 0.1) is 11.3 Å². The van der Waals surface area contributed by atoms with Crippen molar-refractivity contribution in [3.8, 4) is 0 Å². The normalized spacial score (nSPS) is 19.3. The van der Waals surface area contributed by atoms with Crippen LogP contribution in [0.4, 0.5) is 5.69 Å². The highest BCUT2D eigenvalue weighted by Gasteiger charge is 2.34. The molecule has 5 N–H and O–H groups in total. The summed E-state index contributed by atoms with van der Waals surface area (Å²) in [4.78, 5) is 11.0. The molecule has 1 heterocycles. The van der Waals surface area contributed by atoms with E-state index in [0.29, 0.717) is 12.8 Å². The summed E-state index contributed by atoms with van der Waals surface area (Å²) >= 11 is 0. The van der Waals surface area contributed by atoms with Crippen molar-refractivity contribution >= 4 is 21.6 Å². The van der Waals surface area contributed by atoms with E-state index in [0.717, 1.165) is 0 Å². The number of carbonyl (C=O) groups excluding carboxylic acids is 1. The number of rotatable bonds is 3. The quantitative estimate of drug-likeness (QED) is 0.672. The maximum absolute atomic E-state index is 12.5. The molecule has 21 heavy (non-hydrogen) atoms. The molecule has 0 spiro atoms. The van der Waals surface area contributed by atoms with Crippen molar-refractivity contribution in [1.82, 2.24) is 4.31 Å². The van der Waals surface area contributed by atoms with Gasteiger partial charge in [-0.05, 0) is 38.0 Å². The summed E-state index contributed by atoms with van der Waals surface area (Å²) < 4.78 is 26.4. The van der Waals surface area contributed by atoms with E-state index in [1.165, 1.54) is 22.5 Å². The van der Waals surface area contributed by atoms with E-state index in [1.807, 2.05) is 0 Å². The van der Waals surface area contributed by atoms with E-state index in [-0.39, 0.29) is 29.2 Å². The van der Waals surface area contributed by atoms with Crippen LogP contribution in [0.1, 0.15) is 30.1 Å². The minimum Gasteiger partial charge on any atom is -0.398 e. The van der Waals surface area contributed by atoms with Gasteiger partial charge in [0.2, 0.25) is 15.9 Å². The third kappa shape index (κ3) is 3.17. The molecule has 1 saturated heterocycles. The van der Waals surface area contributed by atoms with Gasteiger partial charge in [-0.1, -0.05) is 0 Å². The van der Waals surface area contributed by atoms with Crippen LogP contribution in [-0.4, -0.2) is 42.4 Å². The van der Waals surface area contributed by atoms with E-state index < -0.39 is 21.5 Å². The van der Waals surface area contributed by atoms with E-state index >= 15 is 0 Å². The lowest BCUT2D eigenvalue weighted by Gasteiger charge is -2.35. The summed E-state index contributed by atoms with van der Waals surface area (Å²) in [5, 5.41) is 9.88. The number of anilines is 1. The van der Waals surface area contributed by atoms with Gasteiger partial charge in [0.25, 0.3) is 0 Å². The van der Waals surface area contributed by atoms with Crippen molar-refractivity contribution in [1.29, 1.82) is 0 Å². The number of carbonyl (C=O) groups is 1. The van der Waals surface area contributed by atoms with Crippen LogP contribution in [0.15, 0.2) is 23.1 Å². The molecule has 2 rings (SSSR count). The molecule has 1 aliphatic heterocycles. The molecular weight excluding hydrogens is 294 g/mol. The monoisotopic (exact) mass is 313 g/mol. The molecule has 1 amide bonds. The number of piperidine rings is 1. The highest BCUT2D eigenvalue weighted by atomic mass is 32.2. The van der Waals surface area contributed by atoms with Crippen molar-refractivity contribution in [3.63, 3.8) is 0 Å². The third-order valence-electron chi connectivity index (χ3n) is 3.71. The molecular formula is C13H19N3O4S. The van der Waals surface area contributed by atoms with Crippen molar-refractivity contribution in [2.45, 2.75) is 30.3 Å². The predicted molar refractivity (Wildman–Crippen MR) is 78.0 cm³/mol. The Labute approximate surface area is 123 Å². The van der Waals surface area contributed by atoms with Gasteiger partial charge in [0.1, 0.15) is 4.90 Å². The zero-order chi connectivity index (χ0) is 15.8. The lowest BCUT2D eigenvalue weighted by molar-refractivity contribution is 0.0126. The molecule has 0 unspecified atom stereocenters. The van der Waals surface area contributed by atoms with Gasteiger partial charge in [-0.2, -0.15) is 4.31 Å². The molecule has 7 nitrogen and oxygen atoms in total. The maximum atomic E-state index is 12.5. The summed E-state index contributed by atoms with van der Waals surface area (Å²) in [6, 6.07) is 3.89. The molecule has 0 bridgehead atoms. The first-order valence-corrected chi connectivity index (χ1v) is 7.99. The van der Waals surface area contributed by atoms with Crippen LogP contribution >= 0.6 is 0 Å². The number of nitrogens with two attached hydrogens (primary N) is 2. The zero-order valence-electron chi connectivity index (χ0n) is 11.7. The van der Waals surface area contributed by atoms with E-state index in [2.05, 4.69) is 0 Å². The number of nitrogens with zero attached hydrogens (tertiary/aromatic N) is 1. The lowest BCUT2D eigenvalue weighted by atomic mass is 9.95. The van der Waals surface area contributed by atoms with Gasteiger partial charge >= 0.3 is 0 Å². The first-order chi connectivity index (χ1) is 9.63. The Morgan fingerprint density at radius 3 is 2.38 bits per heavy atom. The number of hydrogen-bond acceptors (Lipinski definition) is 5. The smallest absolute Gasteiger partial charge is 0.248 e. The van der Waals surface area contributed by atoms with Crippen LogP contribution in [0.5, 0.6) is 0 Å². The van der Waals surface area contributed by atoms with Gasteiger partial charge in [0, 0.05) is 18.7 Å². The van der Waals surface area contributed by atoms with Gasteiger partial charge in [0.15, 0.2) is 0 Å². The van der Waals surface area contributed by atoms with Crippen molar-refractivity contribution in [2.24, 2.45) is 5.73 Å². The standard InChI is InChI=1S/C13H19N3O4S/c1-13(18)4-6-16(7-5-13)21(19,20)11-3-2-9(12(15)17)8-10(11)14/h2-3,8,18H,4-7,14H2,1H3,(H2,15,17). The summed E-state index contributed by atoms with van der Waals surface area (Å²) in [6.07, 6.45) is 0.733. The van der Waals surface area contributed by atoms with Crippen molar-refractivity contribution in [3.05, 3.63) is 23.8 Å². The number of primary amides is 1. The van der Waals surface area contributed by atoms with Crippen LogP contribution in [0.3, 0.4) is 0 Å². The second-order valence-electron chi connectivity index (χ2n) is 5.52. The molecule has 0 saturated carbocycles. The fourth-order valence-electron chi connectivity index (χ4n) is 2.28. The third-order valence-corrected chi connectivity index (χ3v) is 5.68. The summed E-state index contributed by atoms with van der Waals surface area (Å²) in [6.45, 7) is 2.14. The second kappa shape index (κ2) is 5.28. The molecule has 1 aliphatic rings. The minimum atomic E-state index is -3.74. The van der Waals surface area contributed by atoms with E-state index in [4.69, 9.17) is 11.5 Å². The van der Waals surface area contributed by atoms with Crippen molar-refractivity contribution in [2.75, 3.05) is 18.8 Å². The van der Waals surface area contributed by atoms with E-state index in [1.54, 1.807) is 6.92 Å². The number of sulfonamides is 1. The lowest BCUT2D eigenvalue weighted by Crippen LogP contribution is -2.45. The molecule has 8 heteroatoms. The molecule has 0 radical (unpaired) electrons. The Morgan fingerprint density at radius 1 is 1.33 bits per heavy atom. The molecule has 0 atom stereocenters. The largest absolute Gasteiger partial charge is 0.398 e. The highest BCUT2D eigenvalue weighted by Crippen LogP contribution is 2.29. The van der Waals surface area contributed by atoms with E-state index in [9.17, 15) is 18.3 Å². The van der Waals surface area contributed by atoms with Gasteiger partial charge < -0.3 is 16.6 Å². The van der Waals surface area contributed by atoms with Crippen LogP contribution in [0.25, 0.3) is 0 Å². The van der Waals surface area contributed by atoms with Gasteiger partial charge in [-0.25, -0.2) is 8.42 Å². The SMILES string of the molecule is CC1(O)CCN(S(=O)(=O)c2ccc(C(N)=O)cc2N)CC1. The number of hydrogen-bond donors (Lipinski definition) is 3. The Kier molecular flexibility index (Phi) is 3.96. The number of amides is 1. The summed E-state index contributed by atoms with van der Waals surface area (Å²) in [5.74, 6) is -0.667. The molecule has 1 aromatic rings. The zero-order valence-corrected chi connectivity index (χ0v) is 12.6. The van der Waals surface area contributed by atoms with Crippen molar-refractivity contribution < 1.29 is 18.3 Å². The summed E-state index contributed by atoms with van der Waals surface area (Å²) in [7, 11) is -3.74. The number of benzene rings is 1. The minimum absolute atomic E-state index is 0.0105. The molecule has 0 aromatic heterocycles. The fourth-order valence-corrected chi connectivity index (χ4v) is 3.82. The Bertz CT molecular complexity index is 660. The molecule has 0 aliphatic carbocycles. The Balaban J connectivity index is 2.30. The second-order valence-corrected chi connectivity index (χ2v) is 7.42. The Morgan fingerprint density at radius 2 is 1.90 bits per heavy atom. The Hall–Kier alpha value is -1.64. The molecule has 1 aromatic carbocycles. The average molecular weight is 313 g/mol. The average Bonchev–Trinajstić information content (AvgIpc) is 2.37. The first kappa shape index (κ1) is 15.7. The van der Waals surface area contributed by atoms with Crippen LogP contribution < -0.4 is 11.5 Å². The topological polar surface area (TPSA) is 127 Å². The fraction of sp³-hybridized carbons (Fsp3) is 0.462. The predicted octanol–water partition coefficient (Wildman–Crippen LogP) is -0.0968. The number of nitrogen functional groups attached to an aromatic ring is 1. The highest BCUT2D eigenvalue weighted by molar-refractivity contribution is 7.89. The summed E-state index contributed by atoms with van der Waals surface area (Å²) in [5.41, 5.74) is 10.2. The number of aliphatic hydroxyl groups is 1. The van der Waals surface area contributed by atoms with Crippen LogP contribution in [0.2, 0.25) is 0 Å². The maximum Gasteiger partial charge on any atom is 0.248 e. The molecule has 116 valence electrons. The first-order valence-electron chi connectivity index (χ1n) is 6.55. The van der Waals surface area contributed by atoms with Crippen LogP contribution in [0, 0.1) is 0 Å². The van der Waals surface area contributed by atoms with Gasteiger partial charge in [-0.15, -0.1) is 0 Å². The van der Waals surface area contributed by atoms with Gasteiger partial charge in [-0.3, -0.25) is 4.79 Å². The van der Waals surface area contributed by atoms with Crippen LogP contribution in [-0.2, 0) is 10.0 Å².